The van der Waals surface area contributed by atoms with Crippen LogP contribution >= 0.6 is 0 Å². The van der Waals surface area contributed by atoms with Crippen molar-refractivity contribution >= 4 is 17.3 Å². The molecule has 2 rings (SSSR count). The van der Waals surface area contributed by atoms with Crippen LogP contribution in [0.3, 0.4) is 0 Å². The largest absolute Gasteiger partial charge is 0.371 e. The van der Waals surface area contributed by atoms with Gasteiger partial charge in [-0.1, -0.05) is 20.8 Å². The fraction of sp³-hybridized carbons (Fsp3) is 0.588. The van der Waals surface area contributed by atoms with E-state index >= 15 is 0 Å². The molecule has 0 atom stereocenters. The fourth-order valence-corrected chi connectivity index (χ4v) is 2.73. The predicted octanol–water partition coefficient (Wildman–Crippen LogP) is 3.97. The van der Waals surface area contributed by atoms with Gasteiger partial charge < -0.3 is 10.2 Å². The Kier molecular flexibility index (Phi) is 4.36. The minimum absolute atomic E-state index is 0.0224. The highest BCUT2D eigenvalue weighted by Crippen LogP contribution is 2.27. The molecule has 1 amide bonds. The number of hydrogen-bond acceptors (Lipinski definition) is 2. The second kappa shape index (κ2) is 5.86. The van der Waals surface area contributed by atoms with E-state index in [0.717, 1.165) is 18.8 Å². The second-order valence-corrected chi connectivity index (χ2v) is 6.98. The number of nitrogens with one attached hydrogen (secondary N) is 1. The topological polar surface area (TPSA) is 32.3 Å². The van der Waals surface area contributed by atoms with E-state index in [0.29, 0.717) is 6.42 Å². The molecule has 1 aliphatic heterocycles. The number of amides is 1. The Morgan fingerprint density at radius 1 is 1.25 bits per heavy atom. The standard InChI is InChI=1S/C17H26N2O/c1-13-11-14(18-16(20)12-17(2,3)4)7-8-15(13)19-9-5-6-10-19/h7-8,11H,5-6,9-10,12H2,1-4H3,(H,18,20). The molecule has 3 nitrogen and oxygen atoms in total. The van der Waals surface area contributed by atoms with Crippen LogP contribution in [-0.2, 0) is 4.79 Å². The zero-order valence-electron chi connectivity index (χ0n) is 13.1. The highest BCUT2D eigenvalue weighted by atomic mass is 16.1. The van der Waals surface area contributed by atoms with Gasteiger partial charge in [-0.15, -0.1) is 0 Å². The van der Waals surface area contributed by atoms with Crippen LogP contribution < -0.4 is 10.2 Å². The molecular formula is C17H26N2O. The van der Waals surface area contributed by atoms with Gasteiger partial charge in [0.1, 0.15) is 0 Å². The SMILES string of the molecule is Cc1cc(NC(=O)CC(C)(C)C)ccc1N1CCCC1. The molecule has 0 unspecified atom stereocenters. The lowest BCUT2D eigenvalue weighted by Gasteiger charge is -2.21. The molecule has 0 aromatic heterocycles. The maximum Gasteiger partial charge on any atom is 0.224 e. The minimum atomic E-state index is 0.0224. The Bertz CT molecular complexity index is 482. The molecule has 0 radical (unpaired) electrons. The monoisotopic (exact) mass is 274 g/mol. The minimum Gasteiger partial charge on any atom is -0.371 e. The first-order valence-corrected chi connectivity index (χ1v) is 7.51. The van der Waals surface area contributed by atoms with Crippen molar-refractivity contribution in [2.24, 2.45) is 5.41 Å². The number of carbonyl (C=O) groups excluding carboxylic acids is 1. The lowest BCUT2D eigenvalue weighted by molar-refractivity contribution is -0.117. The third kappa shape index (κ3) is 3.99. The van der Waals surface area contributed by atoms with E-state index in [4.69, 9.17) is 0 Å². The molecule has 1 fully saturated rings. The number of rotatable bonds is 3. The van der Waals surface area contributed by atoms with Gasteiger partial charge in [0.05, 0.1) is 0 Å². The van der Waals surface area contributed by atoms with E-state index in [9.17, 15) is 4.79 Å². The zero-order valence-corrected chi connectivity index (χ0v) is 13.1. The summed E-state index contributed by atoms with van der Waals surface area (Å²) in [5.41, 5.74) is 3.46. The van der Waals surface area contributed by atoms with Crippen LogP contribution in [0.15, 0.2) is 18.2 Å². The van der Waals surface area contributed by atoms with Crippen molar-refractivity contribution in [1.82, 2.24) is 0 Å². The molecule has 110 valence electrons. The smallest absolute Gasteiger partial charge is 0.224 e. The van der Waals surface area contributed by atoms with Crippen LogP contribution in [-0.4, -0.2) is 19.0 Å². The number of hydrogen-bond donors (Lipinski definition) is 1. The Morgan fingerprint density at radius 2 is 1.90 bits per heavy atom. The van der Waals surface area contributed by atoms with Gasteiger partial charge in [-0.3, -0.25) is 4.79 Å². The average Bonchev–Trinajstić information content (AvgIpc) is 2.79. The lowest BCUT2D eigenvalue weighted by Crippen LogP contribution is -2.20. The summed E-state index contributed by atoms with van der Waals surface area (Å²) in [6.07, 6.45) is 3.10. The molecule has 1 heterocycles. The first-order chi connectivity index (χ1) is 9.35. The van der Waals surface area contributed by atoms with Gasteiger partial charge in [-0.25, -0.2) is 0 Å². The summed E-state index contributed by atoms with van der Waals surface area (Å²) < 4.78 is 0. The molecule has 0 spiro atoms. The van der Waals surface area contributed by atoms with Crippen LogP contribution in [0.5, 0.6) is 0 Å². The lowest BCUT2D eigenvalue weighted by atomic mass is 9.92. The van der Waals surface area contributed by atoms with Crippen molar-refractivity contribution < 1.29 is 4.79 Å². The first-order valence-electron chi connectivity index (χ1n) is 7.51. The van der Waals surface area contributed by atoms with E-state index in [1.165, 1.54) is 24.1 Å². The molecule has 1 N–H and O–H groups in total. The maximum absolute atomic E-state index is 12.0. The number of carbonyl (C=O) groups is 1. The maximum atomic E-state index is 12.0. The van der Waals surface area contributed by atoms with Crippen molar-refractivity contribution in [3.8, 4) is 0 Å². The van der Waals surface area contributed by atoms with Crippen molar-refractivity contribution in [1.29, 1.82) is 0 Å². The van der Waals surface area contributed by atoms with Crippen LogP contribution in [0.25, 0.3) is 0 Å². The predicted molar refractivity (Wildman–Crippen MR) is 85.3 cm³/mol. The first kappa shape index (κ1) is 14.9. The summed E-state index contributed by atoms with van der Waals surface area (Å²) in [6, 6.07) is 6.22. The zero-order chi connectivity index (χ0) is 14.8. The quantitative estimate of drug-likeness (QED) is 0.904. The average molecular weight is 274 g/mol. The summed E-state index contributed by atoms with van der Waals surface area (Å²) in [5.74, 6) is 0.0887. The van der Waals surface area contributed by atoms with Gasteiger partial charge in [0, 0.05) is 30.9 Å². The van der Waals surface area contributed by atoms with Crippen molar-refractivity contribution in [3.05, 3.63) is 23.8 Å². The second-order valence-electron chi connectivity index (χ2n) is 6.98. The molecule has 1 aliphatic rings. The van der Waals surface area contributed by atoms with E-state index in [2.05, 4.69) is 50.0 Å². The molecule has 1 aromatic rings. The molecule has 1 saturated heterocycles. The van der Waals surface area contributed by atoms with E-state index in [1.54, 1.807) is 0 Å². The number of nitrogens with zero attached hydrogens (tertiary/aromatic N) is 1. The number of anilines is 2. The van der Waals surface area contributed by atoms with Gasteiger partial charge >= 0.3 is 0 Å². The highest BCUT2D eigenvalue weighted by molar-refractivity contribution is 5.91. The third-order valence-electron chi connectivity index (χ3n) is 3.62. The number of aryl methyl sites for hydroxylation is 1. The van der Waals surface area contributed by atoms with E-state index < -0.39 is 0 Å². The van der Waals surface area contributed by atoms with Gasteiger partial charge in [-0.2, -0.15) is 0 Å². The van der Waals surface area contributed by atoms with Crippen molar-refractivity contribution in [3.63, 3.8) is 0 Å². The molecule has 0 bridgehead atoms. The molecule has 0 aliphatic carbocycles. The normalized spacial score (nSPS) is 15.5. The van der Waals surface area contributed by atoms with E-state index in [-0.39, 0.29) is 11.3 Å². The van der Waals surface area contributed by atoms with Crippen LogP contribution in [0.2, 0.25) is 0 Å². The van der Waals surface area contributed by atoms with E-state index in [1.807, 2.05) is 6.07 Å². The molecule has 1 aromatic carbocycles. The van der Waals surface area contributed by atoms with Gasteiger partial charge in [0.2, 0.25) is 5.91 Å². The summed E-state index contributed by atoms with van der Waals surface area (Å²) in [5, 5.41) is 3.00. The Labute approximate surface area is 122 Å². The fourth-order valence-electron chi connectivity index (χ4n) is 2.73. The van der Waals surface area contributed by atoms with Crippen molar-refractivity contribution in [2.45, 2.75) is 47.0 Å². The summed E-state index contributed by atoms with van der Waals surface area (Å²) in [4.78, 5) is 14.4. The third-order valence-corrected chi connectivity index (χ3v) is 3.62. The molecule has 3 heteroatoms. The van der Waals surface area contributed by atoms with Gasteiger partial charge in [0.15, 0.2) is 0 Å². The summed E-state index contributed by atoms with van der Waals surface area (Å²) in [7, 11) is 0. The van der Waals surface area contributed by atoms with Crippen LogP contribution in [0.4, 0.5) is 11.4 Å². The highest BCUT2D eigenvalue weighted by Gasteiger charge is 2.17. The summed E-state index contributed by atoms with van der Waals surface area (Å²) >= 11 is 0. The Balaban J connectivity index is 2.03. The van der Waals surface area contributed by atoms with Crippen LogP contribution in [0.1, 0.15) is 45.6 Å². The summed E-state index contributed by atoms with van der Waals surface area (Å²) in [6.45, 7) is 10.6. The molecule has 0 saturated carbocycles. The van der Waals surface area contributed by atoms with Crippen LogP contribution in [0, 0.1) is 12.3 Å². The molecular weight excluding hydrogens is 248 g/mol. The van der Waals surface area contributed by atoms with Crippen molar-refractivity contribution in [2.75, 3.05) is 23.3 Å². The van der Waals surface area contributed by atoms with Gasteiger partial charge in [0.25, 0.3) is 0 Å². The molecule has 20 heavy (non-hydrogen) atoms. The number of benzene rings is 1. The Morgan fingerprint density at radius 3 is 2.45 bits per heavy atom. The Hall–Kier alpha value is -1.51. The van der Waals surface area contributed by atoms with Gasteiger partial charge in [-0.05, 0) is 48.9 Å².